The topological polar surface area (TPSA) is 202 Å². The number of phosphoric acid groups is 1. The van der Waals surface area contributed by atoms with E-state index in [-0.39, 0.29) is 23.6 Å². The maximum atomic E-state index is 13.1. The molecule has 16 nitrogen and oxygen atoms in total. The molecule has 6 atom stereocenters. The van der Waals surface area contributed by atoms with Crippen LogP contribution in [-0.4, -0.2) is 66.1 Å². The van der Waals surface area contributed by atoms with Crippen molar-refractivity contribution in [2.45, 2.75) is 65.0 Å². The second-order valence-electron chi connectivity index (χ2n) is 8.03. The highest BCUT2D eigenvalue weighted by atomic mass is 31.2. The van der Waals surface area contributed by atoms with E-state index >= 15 is 0 Å². The van der Waals surface area contributed by atoms with Gasteiger partial charge in [-0.05, 0) is 6.07 Å². The van der Waals surface area contributed by atoms with Crippen LogP contribution in [0, 0.1) is 10.1 Å². The van der Waals surface area contributed by atoms with Crippen LogP contribution in [0.2, 0.25) is 0 Å². The average Bonchev–Trinajstić information content (AvgIpc) is 2.80. The zero-order valence-corrected chi connectivity index (χ0v) is 21.4. The summed E-state index contributed by atoms with van der Waals surface area (Å²) in [5.41, 5.74) is 0.0128. The summed E-state index contributed by atoms with van der Waals surface area (Å²) in [5, 5.41) is 11.0. The van der Waals surface area contributed by atoms with Gasteiger partial charge in [0.15, 0.2) is 12.2 Å². The van der Waals surface area contributed by atoms with Gasteiger partial charge in [0.2, 0.25) is 12.4 Å². The van der Waals surface area contributed by atoms with Gasteiger partial charge in [-0.2, -0.15) is 0 Å². The van der Waals surface area contributed by atoms with Gasteiger partial charge in [-0.1, -0.05) is 0 Å². The van der Waals surface area contributed by atoms with Crippen LogP contribution in [-0.2, 0) is 63.1 Å². The predicted molar refractivity (Wildman–Crippen MR) is 119 cm³/mol. The van der Waals surface area contributed by atoms with Crippen molar-refractivity contribution >= 4 is 37.4 Å². The van der Waals surface area contributed by atoms with Crippen molar-refractivity contribution < 1.29 is 65.9 Å². The number of nitro groups is 1. The molecule has 1 aromatic carbocycles. The van der Waals surface area contributed by atoms with Gasteiger partial charge >= 0.3 is 31.7 Å². The number of benzene rings is 1. The van der Waals surface area contributed by atoms with E-state index in [1.165, 1.54) is 12.1 Å². The third-order valence-corrected chi connectivity index (χ3v) is 6.35. The summed E-state index contributed by atoms with van der Waals surface area (Å²) >= 11 is 0. The largest absolute Gasteiger partial charge is 0.530 e. The first-order valence-corrected chi connectivity index (χ1v) is 12.4. The zero-order valence-electron chi connectivity index (χ0n) is 20.6. The number of nitro benzene ring substituents is 1. The van der Waals surface area contributed by atoms with Crippen LogP contribution in [0.1, 0.15) is 33.3 Å². The van der Waals surface area contributed by atoms with Crippen molar-refractivity contribution in [3.8, 4) is 5.75 Å². The first-order chi connectivity index (χ1) is 17.8. The number of hydrogen-bond donors (Lipinski definition) is 0. The Kier molecular flexibility index (Phi) is 9.04. The monoisotopic (exact) mass is 561 g/mol. The Morgan fingerprint density at radius 2 is 1.53 bits per heavy atom. The molecule has 208 valence electrons. The molecule has 0 saturated carbocycles. The maximum Gasteiger partial charge on any atom is 0.530 e. The molecule has 1 saturated heterocycles. The molecule has 38 heavy (non-hydrogen) atoms. The van der Waals surface area contributed by atoms with Crippen LogP contribution in [0.25, 0.3) is 0 Å². The number of carbonyl (C=O) groups excluding carboxylic acids is 4. The fraction of sp³-hybridized carbons (Fsp3) is 0.524. The maximum absolute atomic E-state index is 13.1. The molecular formula is C21H24NO15P. The van der Waals surface area contributed by atoms with Crippen molar-refractivity contribution in [3.05, 3.63) is 33.9 Å². The number of phosphoric ester groups is 1. The molecule has 0 bridgehead atoms. The van der Waals surface area contributed by atoms with Crippen LogP contribution in [0.4, 0.5) is 5.69 Å². The molecule has 1 fully saturated rings. The standard InChI is InChI=1S/C21H24NO15P/c1-10(23)32-18-17(36-21(35-13(4)26)20(34-12(3)25)19(18)33-11(2)24)9-31-38(29)30-8-14-7-15(22(27)28)5-6-16(14)37-38/h5-7,17-21H,8-9H2,1-4H3/t17-,18-,19+,20-,21?,38?/m1/s1. The summed E-state index contributed by atoms with van der Waals surface area (Å²) in [6.45, 7) is 3.14. The molecule has 2 aliphatic heterocycles. The van der Waals surface area contributed by atoms with Crippen LogP contribution in [0.3, 0.4) is 0 Å². The van der Waals surface area contributed by atoms with Crippen molar-refractivity contribution in [2.24, 2.45) is 0 Å². The van der Waals surface area contributed by atoms with E-state index in [0.29, 0.717) is 0 Å². The zero-order chi connectivity index (χ0) is 28.2. The Labute approximate surface area is 215 Å². The lowest BCUT2D eigenvalue weighted by Crippen LogP contribution is -2.63. The van der Waals surface area contributed by atoms with Crippen molar-refractivity contribution in [3.63, 3.8) is 0 Å². The number of fused-ring (bicyclic) bond motifs is 1. The second kappa shape index (κ2) is 11.9. The molecule has 0 amide bonds. The van der Waals surface area contributed by atoms with E-state index in [1.54, 1.807) is 0 Å². The molecule has 2 unspecified atom stereocenters. The third kappa shape index (κ3) is 7.25. The van der Waals surface area contributed by atoms with Gasteiger partial charge in [0.1, 0.15) is 11.9 Å². The van der Waals surface area contributed by atoms with Crippen molar-refractivity contribution in [2.75, 3.05) is 6.61 Å². The molecule has 2 aliphatic rings. The first-order valence-electron chi connectivity index (χ1n) is 11.0. The molecule has 1 aromatic rings. The number of ether oxygens (including phenoxy) is 5. The third-order valence-electron chi connectivity index (χ3n) is 5.02. The lowest BCUT2D eigenvalue weighted by molar-refractivity contribution is -0.385. The molecule has 17 heteroatoms. The second-order valence-corrected chi connectivity index (χ2v) is 9.62. The van der Waals surface area contributed by atoms with Gasteiger partial charge in [-0.15, -0.1) is 0 Å². The summed E-state index contributed by atoms with van der Waals surface area (Å²) < 4.78 is 55.3. The summed E-state index contributed by atoms with van der Waals surface area (Å²) in [5.74, 6) is -3.39. The van der Waals surface area contributed by atoms with E-state index < -0.39 is 73.9 Å². The highest BCUT2D eigenvalue weighted by Crippen LogP contribution is 2.55. The fourth-order valence-corrected chi connectivity index (χ4v) is 4.88. The molecule has 0 radical (unpaired) electrons. The van der Waals surface area contributed by atoms with Gasteiger partial charge in [-0.3, -0.25) is 38.3 Å². The summed E-state index contributed by atoms with van der Waals surface area (Å²) in [6.07, 6.45) is -7.60. The summed E-state index contributed by atoms with van der Waals surface area (Å²) in [6, 6.07) is 3.54. The molecule has 0 aliphatic carbocycles. The quantitative estimate of drug-likeness (QED) is 0.146. The van der Waals surface area contributed by atoms with Gasteiger partial charge < -0.3 is 28.2 Å². The molecular weight excluding hydrogens is 537 g/mol. The van der Waals surface area contributed by atoms with Gasteiger partial charge in [0, 0.05) is 45.4 Å². The summed E-state index contributed by atoms with van der Waals surface area (Å²) in [7, 11) is -4.34. The van der Waals surface area contributed by atoms with E-state index in [4.69, 9.17) is 37.3 Å². The highest BCUT2D eigenvalue weighted by Gasteiger charge is 2.54. The molecule has 3 rings (SSSR count). The summed E-state index contributed by atoms with van der Waals surface area (Å²) in [4.78, 5) is 57.4. The Hall–Kier alpha value is -3.59. The Bertz CT molecular complexity index is 1170. The highest BCUT2D eigenvalue weighted by molar-refractivity contribution is 7.49. The predicted octanol–water partition coefficient (Wildman–Crippen LogP) is 1.71. The van der Waals surface area contributed by atoms with Gasteiger partial charge in [0.25, 0.3) is 5.69 Å². The van der Waals surface area contributed by atoms with Crippen molar-refractivity contribution in [1.29, 1.82) is 0 Å². The Balaban J connectivity index is 1.86. The minimum Gasteiger partial charge on any atom is -0.456 e. The molecule has 0 N–H and O–H groups in total. The van der Waals surface area contributed by atoms with E-state index in [1.807, 2.05) is 0 Å². The first kappa shape index (κ1) is 29.0. The average molecular weight is 561 g/mol. The lowest BCUT2D eigenvalue weighted by Gasteiger charge is -2.43. The number of esters is 4. The van der Waals surface area contributed by atoms with E-state index in [2.05, 4.69) is 0 Å². The Morgan fingerprint density at radius 3 is 2.11 bits per heavy atom. The van der Waals surface area contributed by atoms with Crippen LogP contribution < -0.4 is 4.52 Å². The van der Waals surface area contributed by atoms with Crippen molar-refractivity contribution in [1.82, 2.24) is 0 Å². The molecule has 0 aromatic heterocycles. The molecule has 0 spiro atoms. The number of rotatable bonds is 8. The smallest absolute Gasteiger partial charge is 0.456 e. The molecule has 2 heterocycles. The minimum atomic E-state index is -4.34. The number of carbonyl (C=O) groups is 4. The fourth-order valence-electron chi connectivity index (χ4n) is 3.65. The number of hydrogen-bond acceptors (Lipinski definition) is 15. The van der Waals surface area contributed by atoms with Gasteiger partial charge in [0.05, 0.1) is 18.1 Å². The SMILES string of the molecule is CC(=O)OC1O[C@H](COP2(=O)OCc3cc([N+](=O)[O-])ccc3O2)[C@@H](OC(C)=O)[C@H](OC(C)=O)[C@H]1OC(C)=O. The van der Waals surface area contributed by atoms with Gasteiger partial charge in [-0.25, -0.2) is 4.57 Å². The lowest BCUT2D eigenvalue weighted by atomic mass is 9.98. The van der Waals surface area contributed by atoms with Crippen LogP contribution in [0.15, 0.2) is 18.2 Å². The number of nitrogens with zero attached hydrogens (tertiary/aromatic N) is 1. The van der Waals surface area contributed by atoms with Crippen LogP contribution >= 0.6 is 7.82 Å². The van der Waals surface area contributed by atoms with E-state index in [0.717, 1.165) is 33.8 Å². The minimum absolute atomic E-state index is 0.0109. The van der Waals surface area contributed by atoms with Crippen LogP contribution in [0.5, 0.6) is 5.75 Å². The normalized spacial score (nSPS) is 28.2. The number of non-ortho nitro benzene ring substituents is 1. The van der Waals surface area contributed by atoms with E-state index in [9.17, 15) is 33.9 Å². The Morgan fingerprint density at radius 1 is 0.947 bits per heavy atom.